The molecule has 0 atom stereocenters. The maximum atomic E-state index is 2.44. The molecule has 0 bridgehead atoms. The number of para-hydroxylation sites is 2. The van der Waals surface area contributed by atoms with Crippen molar-refractivity contribution in [3.8, 4) is 16.8 Å². The topological polar surface area (TPSA) is 4.93 Å². The van der Waals surface area contributed by atoms with Gasteiger partial charge in [0.1, 0.15) is 0 Å². The molecule has 0 spiro atoms. The Balaban J connectivity index is 1.70. The van der Waals surface area contributed by atoms with E-state index in [1.54, 1.807) is 0 Å². The zero-order valence-corrected chi connectivity index (χ0v) is 18.1. The van der Waals surface area contributed by atoms with Crippen molar-refractivity contribution in [3.05, 3.63) is 115 Å². The van der Waals surface area contributed by atoms with E-state index in [9.17, 15) is 0 Å². The van der Waals surface area contributed by atoms with E-state index in [1.807, 2.05) is 11.3 Å². The maximum Gasteiger partial charge on any atom is 0.0634 e. The Bertz CT molecular complexity index is 1760. The predicted octanol–water partition coefficient (Wildman–Crippen LogP) is 8.82. The molecule has 0 amide bonds. The van der Waals surface area contributed by atoms with Gasteiger partial charge in [0, 0.05) is 36.6 Å². The average Bonchev–Trinajstić information content (AvgIpc) is 3.40. The van der Waals surface area contributed by atoms with Crippen LogP contribution in [0, 0.1) is 0 Å². The van der Waals surface area contributed by atoms with Crippen LogP contribution in [-0.2, 0) is 0 Å². The molecule has 2 heteroatoms. The van der Waals surface area contributed by atoms with Crippen molar-refractivity contribution in [2.75, 3.05) is 0 Å². The molecule has 7 aromatic rings. The standard InChI is InChI=1S/C30H19NS/c1-3-10-20(11-4-1)22-15-9-16-25-28-27(32-30(22)25)19-18-24-23-14-7-8-17-26(23)31(29(24)28)21-12-5-2-6-13-21/h1-19H. The minimum atomic E-state index is 1.20. The van der Waals surface area contributed by atoms with Crippen LogP contribution in [0.3, 0.4) is 0 Å². The van der Waals surface area contributed by atoms with Gasteiger partial charge in [-0.3, -0.25) is 0 Å². The fourth-order valence-electron chi connectivity index (χ4n) is 5.03. The monoisotopic (exact) mass is 425 g/mol. The first-order valence-corrected chi connectivity index (χ1v) is 11.7. The molecule has 2 aromatic heterocycles. The first-order chi connectivity index (χ1) is 15.9. The quantitative estimate of drug-likeness (QED) is 0.261. The molecule has 0 N–H and O–H groups in total. The van der Waals surface area contributed by atoms with Crippen LogP contribution in [-0.4, -0.2) is 4.57 Å². The van der Waals surface area contributed by atoms with Crippen molar-refractivity contribution < 1.29 is 0 Å². The smallest absolute Gasteiger partial charge is 0.0634 e. The SMILES string of the molecule is c1ccc(-c2cccc3c2sc2ccc4c5ccccc5n(-c5ccccc5)c4c23)cc1. The van der Waals surface area contributed by atoms with Gasteiger partial charge in [-0.15, -0.1) is 11.3 Å². The Hall–Kier alpha value is -3.88. The van der Waals surface area contributed by atoms with Gasteiger partial charge in [0.05, 0.1) is 11.0 Å². The average molecular weight is 426 g/mol. The van der Waals surface area contributed by atoms with Gasteiger partial charge >= 0.3 is 0 Å². The minimum Gasteiger partial charge on any atom is -0.309 e. The molecule has 150 valence electrons. The van der Waals surface area contributed by atoms with Crippen LogP contribution in [0.25, 0.3) is 58.8 Å². The van der Waals surface area contributed by atoms with Crippen LogP contribution in [0.2, 0.25) is 0 Å². The molecule has 2 heterocycles. The molecule has 5 aromatic carbocycles. The molecule has 1 nitrogen and oxygen atoms in total. The molecule has 0 fully saturated rings. The fraction of sp³-hybridized carbons (Fsp3) is 0. The lowest BCUT2D eigenvalue weighted by Crippen LogP contribution is -1.93. The van der Waals surface area contributed by atoms with E-state index in [0.29, 0.717) is 0 Å². The van der Waals surface area contributed by atoms with E-state index in [-0.39, 0.29) is 0 Å². The first kappa shape index (κ1) is 17.8. The number of nitrogens with zero attached hydrogens (tertiary/aromatic N) is 1. The van der Waals surface area contributed by atoms with E-state index in [0.717, 1.165) is 0 Å². The number of hydrogen-bond donors (Lipinski definition) is 0. The highest BCUT2D eigenvalue weighted by molar-refractivity contribution is 7.26. The van der Waals surface area contributed by atoms with Crippen LogP contribution in [0.5, 0.6) is 0 Å². The van der Waals surface area contributed by atoms with Crippen molar-refractivity contribution >= 4 is 53.3 Å². The molecule has 0 aliphatic carbocycles. The summed E-state index contributed by atoms with van der Waals surface area (Å²) in [6, 6.07) is 41.5. The zero-order valence-electron chi connectivity index (χ0n) is 17.3. The summed E-state index contributed by atoms with van der Waals surface area (Å²) in [7, 11) is 0. The molecular formula is C30H19NS. The molecule has 32 heavy (non-hydrogen) atoms. The third-order valence-electron chi connectivity index (χ3n) is 6.39. The van der Waals surface area contributed by atoms with E-state index in [4.69, 9.17) is 0 Å². The largest absolute Gasteiger partial charge is 0.309 e. The van der Waals surface area contributed by atoms with Crippen LogP contribution >= 0.6 is 11.3 Å². The van der Waals surface area contributed by atoms with Crippen LogP contribution in [0.4, 0.5) is 0 Å². The number of benzene rings is 5. The normalized spacial score (nSPS) is 11.8. The highest BCUT2D eigenvalue weighted by Gasteiger charge is 2.18. The van der Waals surface area contributed by atoms with Crippen molar-refractivity contribution in [2.24, 2.45) is 0 Å². The van der Waals surface area contributed by atoms with Gasteiger partial charge in [0.25, 0.3) is 0 Å². The van der Waals surface area contributed by atoms with Crippen molar-refractivity contribution in [3.63, 3.8) is 0 Å². The van der Waals surface area contributed by atoms with E-state index < -0.39 is 0 Å². The van der Waals surface area contributed by atoms with Gasteiger partial charge in [0.15, 0.2) is 0 Å². The second-order valence-corrected chi connectivity index (χ2v) is 9.23. The molecule has 0 unspecified atom stereocenters. The van der Waals surface area contributed by atoms with Crippen LogP contribution in [0.15, 0.2) is 115 Å². The summed E-state index contributed by atoms with van der Waals surface area (Å²) in [6.45, 7) is 0. The third-order valence-corrected chi connectivity index (χ3v) is 7.60. The van der Waals surface area contributed by atoms with Gasteiger partial charge in [-0.1, -0.05) is 91.0 Å². The second kappa shape index (κ2) is 6.81. The molecule has 0 radical (unpaired) electrons. The lowest BCUT2D eigenvalue weighted by molar-refractivity contribution is 1.19. The summed E-state index contributed by atoms with van der Waals surface area (Å²) in [5.41, 5.74) is 6.32. The number of hydrogen-bond acceptors (Lipinski definition) is 1. The van der Waals surface area contributed by atoms with E-state index in [2.05, 4.69) is 120 Å². The zero-order chi connectivity index (χ0) is 21.1. The Morgan fingerprint density at radius 3 is 2.09 bits per heavy atom. The molecule has 0 saturated carbocycles. The summed E-state index contributed by atoms with van der Waals surface area (Å²) < 4.78 is 5.12. The number of rotatable bonds is 2. The molecule has 0 aliphatic rings. The van der Waals surface area contributed by atoms with Crippen molar-refractivity contribution in [2.45, 2.75) is 0 Å². The van der Waals surface area contributed by atoms with Crippen LogP contribution in [0.1, 0.15) is 0 Å². The summed E-state index contributed by atoms with van der Waals surface area (Å²) >= 11 is 1.90. The molecule has 7 rings (SSSR count). The predicted molar refractivity (Wildman–Crippen MR) is 139 cm³/mol. The summed E-state index contributed by atoms with van der Waals surface area (Å²) in [5.74, 6) is 0. The summed E-state index contributed by atoms with van der Waals surface area (Å²) in [4.78, 5) is 0. The van der Waals surface area contributed by atoms with Gasteiger partial charge in [0.2, 0.25) is 0 Å². The number of aromatic nitrogens is 1. The molecule has 0 saturated heterocycles. The summed E-state index contributed by atoms with van der Waals surface area (Å²) in [6.07, 6.45) is 0. The molecular weight excluding hydrogens is 406 g/mol. The fourth-order valence-corrected chi connectivity index (χ4v) is 6.27. The second-order valence-electron chi connectivity index (χ2n) is 8.17. The highest BCUT2D eigenvalue weighted by Crippen LogP contribution is 2.45. The highest BCUT2D eigenvalue weighted by atomic mass is 32.1. The maximum absolute atomic E-state index is 2.44. The van der Waals surface area contributed by atoms with Gasteiger partial charge in [-0.05, 0) is 35.4 Å². The Kier molecular flexibility index (Phi) is 3.78. The Morgan fingerprint density at radius 1 is 0.531 bits per heavy atom. The molecule has 0 aliphatic heterocycles. The lowest BCUT2D eigenvalue weighted by Gasteiger charge is -2.09. The third kappa shape index (κ3) is 2.44. The summed E-state index contributed by atoms with van der Waals surface area (Å²) in [5, 5.41) is 5.28. The number of thiophene rings is 1. The van der Waals surface area contributed by atoms with Gasteiger partial charge < -0.3 is 4.57 Å². The van der Waals surface area contributed by atoms with Crippen molar-refractivity contribution in [1.82, 2.24) is 4.57 Å². The Morgan fingerprint density at radius 2 is 1.25 bits per heavy atom. The van der Waals surface area contributed by atoms with E-state index in [1.165, 1.54) is 58.8 Å². The lowest BCUT2D eigenvalue weighted by atomic mass is 10.0. The van der Waals surface area contributed by atoms with Crippen LogP contribution < -0.4 is 0 Å². The van der Waals surface area contributed by atoms with E-state index >= 15 is 0 Å². The Labute approximate surface area is 189 Å². The minimum absolute atomic E-state index is 1.20. The van der Waals surface area contributed by atoms with Gasteiger partial charge in [-0.2, -0.15) is 0 Å². The van der Waals surface area contributed by atoms with Gasteiger partial charge in [-0.25, -0.2) is 0 Å². The first-order valence-electron chi connectivity index (χ1n) is 10.9. The number of fused-ring (bicyclic) bond motifs is 7. The van der Waals surface area contributed by atoms with Crippen molar-refractivity contribution in [1.29, 1.82) is 0 Å².